The fraction of sp³-hybridized carbons (Fsp3) is 0.688. The largest absolute Gasteiger partial charge is 0.336 e. The van der Waals surface area contributed by atoms with Gasteiger partial charge in [0.05, 0.1) is 16.9 Å². The van der Waals surface area contributed by atoms with Crippen molar-refractivity contribution in [1.29, 1.82) is 0 Å². The van der Waals surface area contributed by atoms with E-state index < -0.39 is 0 Å². The van der Waals surface area contributed by atoms with E-state index in [0.29, 0.717) is 18.5 Å². The second-order valence-corrected chi connectivity index (χ2v) is 7.96. The maximum absolute atomic E-state index is 12.8. The molecule has 3 nitrogen and oxygen atoms in total. The summed E-state index contributed by atoms with van der Waals surface area (Å²) >= 11 is 7.54. The van der Waals surface area contributed by atoms with Crippen molar-refractivity contribution in [2.75, 3.05) is 6.54 Å². The molecule has 0 spiro atoms. The van der Waals surface area contributed by atoms with E-state index in [1.165, 1.54) is 25.7 Å². The summed E-state index contributed by atoms with van der Waals surface area (Å²) in [6.45, 7) is 3.48. The number of rotatable bonds is 4. The monoisotopic (exact) mass is 362 g/mol. The van der Waals surface area contributed by atoms with Crippen molar-refractivity contribution in [3.63, 3.8) is 0 Å². The van der Waals surface area contributed by atoms with E-state index in [1.807, 2.05) is 17.0 Å². The Hall–Kier alpha value is -0.290. The van der Waals surface area contributed by atoms with E-state index in [1.54, 1.807) is 11.3 Å². The zero-order valence-corrected chi connectivity index (χ0v) is 15.3. The van der Waals surface area contributed by atoms with Crippen molar-refractivity contribution < 1.29 is 4.79 Å². The summed E-state index contributed by atoms with van der Waals surface area (Å²) in [5, 5.41) is 3.58. The van der Waals surface area contributed by atoms with Crippen molar-refractivity contribution >= 4 is 41.3 Å². The lowest BCUT2D eigenvalue weighted by Gasteiger charge is -2.25. The smallest absolute Gasteiger partial charge is 0.240 e. The molecule has 1 amide bonds. The Morgan fingerprint density at radius 2 is 2.18 bits per heavy atom. The van der Waals surface area contributed by atoms with Gasteiger partial charge in [-0.1, -0.05) is 24.4 Å². The number of fused-ring (bicyclic) bond motifs is 1. The molecule has 0 radical (unpaired) electrons. The molecule has 3 unspecified atom stereocenters. The normalized spacial score (nSPS) is 27.1. The molecule has 2 heterocycles. The van der Waals surface area contributed by atoms with E-state index in [2.05, 4.69) is 12.2 Å². The molecule has 1 saturated heterocycles. The van der Waals surface area contributed by atoms with Gasteiger partial charge < -0.3 is 10.2 Å². The van der Waals surface area contributed by atoms with Gasteiger partial charge in [-0.15, -0.1) is 23.7 Å². The molecular formula is C16H24Cl2N2OS. The molecule has 124 valence electrons. The second kappa shape index (κ2) is 8.00. The first-order chi connectivity index (χ1) is 10.2. The SMILES string of the molecule is CCN(Cc1ccc(Cl)s1)C(=O)C1CC2CCCCC2N1.Cl. The number of likely N-dealkylation sites (N-methyl/N-ethyl adjacent to an activating group) is 1. The van der Waals surface area contributed by atoms with E-state index >= 15 is 0 Å². The van der Waals surface area contributed by atoms with Crippen LogP contribution in [0, 0.1) is 5.92 Å². The van der Waals surface area contributed by atoms with Crippen molar-refractivity contribution in [3.8, 4) is 0 Å². The van der Waals surface area contributed by atoms with E-state index in [0.717, 1.165) is 22.2 Å². The van der Waals surface area contributed by atoms with Gasteiger partial charge in [0.2, 0.25) is 5.91 Å². The van der Waals surface area contributed by atoms with Gasteiger partial charge in [0.15, 0.2) is 0 Å². The predicted octanol–water partition coefficient (Wildman–Crippen LogP) is 4.09. The lowest BCUT2D eigenvalue weighted by Crippen LogP contribution is -2.45. The van der Waals surface area contributed by atoms with E-state index in [9.17, 15) is 4.79 Å². The Labute approximate surface area is 147 Å². The van der Waals surface area contributed by atoms with Crippen LogP contribution >= 0.6 is 35.3 Å². The molecule has 2 aliphatic rings. The van der Waals surface area contributed by atoms with Crippen molar-refractivity contribution in [2.45, 2.75) is 57.7 Å². The van der Waals surface area contributed by atoms with Crippen molar-refractivity contribution in [3.05, 3.63) is 21.3 Å². The molecule has 0 aromatic carbocycles. The number of carbonyl (C=O) groups excluding carboxylic acids is 1. The minimum absolute atomic E-state index is 0. The third kappa shape index (κ3) is 3.97. The Morgan fingerprint density at radius 1 is 1.41 bits per heavy atom. The molecule has 0 bridgehead atoms. The molecule has 1 N–H and O–H groups in total. The molecule has 22 heavy (non-hydrogen) atoms. The van der Waals surface area contributed by atoms with Crippen LogP contribution < -0.4 is 5.32 Å². The molecular weight excluding hydrogens is 339 g/mol. The molecule has 1 saturated carbocycles. The van der Waals surface area contributed by atoms with Crippen LogP contribution in [-0.4, -0.2) is 29.4 Å². The van der Waals surface area contributed by atoms with Crippen LogP contribution in [-0.2, 0) is 11.3 Å². The Morgan fingerprint density at radius 3 is 2.82 bits per heavy atom. The van der Waals surface area contributed by atoms with Crippen LogP contribution in [0.5, 0.6) is 0 Å². The van der Waals surface area contributed by atoms with Crippen LogP contribution in [0.15, 0.2) is 12.1 Å². The zero-order chi connectivity index (χ0) is 14.8. The lowest BCUT2D eigenvalue weighted by molar-refractivity contribution is -0.133. The van der Waals surface area contributed by atoms with E-state index in [4.69, 9.17) is 11.6 Å². The number of amides is 1. The highest BCUT2D eigenvalue weighted by molar-refractivity contribution is 7.16. The van der Waals surface area contributed by atoms with E-state index in [-0.39, 0.29) is 24.4 Å². The van der Waals surface area contributed by atoms with Crippen LogP contribution in [0.3, 0.4) is 0 Å². The van der Waals surface area contributed by atoms with Crippen LogP contribution in [0.2, 0.25) is 4.34 Å². The van der Waals surface area contributed by atoms with Crippen LogP contribution in [0.4, 0.5) is 0 Å². The number of hydrogen-bond donors (Lipinski definition) is 1. The highest BCUT2D eigenvalue weighted by Crippen LogP contribution is 2.34. The standard InChI is InChI=1S/C16H23ClN2OS.ClH/c1-2-19(10-12-7-8-15(17)21-12)16(20)14-9-11-5-3-4-6-13(11)18-14;/h7-8,11,13-14,18H,2-6,9-10H2,1H3;1H. The van der Waals surface area contributed by atoms with Gasteiger partial charge in [0.25, 0.3) is 0 Å². The van der Waals surface area contributed by atoms with Gasteiger partial charge >= 0.3 is 0 Å². The van der Waals surface area contributed by atoms with Gasteiger partial charge in [-0.2, -0.15) is 0 Å². The summed E-state index contributed by atoms with van der Waals surface area (Å²) in [5.74, 6) is 0.971. The Balaban J connectivity index is 0.00000176. The molecule has 6 heteroatoms. The Kier molecular flexibility index (Phi) is 6.57. The number of nitrogens with one attached hydrogen (secondary N) is 1. The molecule has 2 fully saturated rings. The number of hydrogen-bond acceptors (Lipinski definition) is 3. The predicted molar refractivity (Wildman–Crippen MR) is 95.0 cm³/mol. The van der Waals surface area contributed by atoms with Crippen molar-refractivity contribution in [1.82, 2.24) is 10.2 Å². The summed E-state index contributed by atoms with van der Waals surface area (Å²) < 4.78 is 0.790. The first-order valence-electron chi connectivity index (χ1n) is 7.96. The summed E-state index contributed by atoms with van der Waals surface area (Å²) in [4.78, 5) is 15.9. The van der Waals surface area contributed by atoms with Gasteiger partial charge in [-0.05, 0) is 44.2 Å². The Bertz CT molecular complexity index is 494. The van der Waals surface area contributed by atoms with Gasteiger partial charge in [-0.25, -0.2) is 0 Å². The zero-order valence-electron chi connectivity index (χ0n) is 12.9. The maximum atomic E-state index is 12.8. The first kappa shape index (κ1) is 18.1. The minimum atomic E-state index is 0. The fourth-order valence-corrected chi connectivity index (χ4v) is 4.80. The highest BCUT2D eigenvalue weighted by Gasteiger charge is 2.39. The first-order valence-corrected chi connectivity index (χ1v) is 9.16. The molecule has 1 aromatic heterocycles. The van der Waals surface area contributed by atoms with Crippen LogP contribution in [0.25, 0.3) is 0 Å². The number of carbonyl (C=O) groups is 1. The van der Waals surface area contributed by atoms with Gasteiger partial charge in [-0.3, -0.25) is 4.79 Å². The molecule has 1 aliphatic heterocycles. The maximum Gasteiger partial charge on any atom is 0.240 e. The fourth-order valence-electron chi connectivity index (χ4n) is 3.70. The third-order valence-electron chi connectivity index (χ3n) is 4.83. The summed E-state index contributed by atoms with van der Waals surface area (Å²) in [5.41, 5.74) is 0. The number of halogens is 2. The molecule has 3 rings (SSSR count). The lowest BCUT2D eigenvalue weighted by atomic mass is 9.85. The average Bonchev–Trinajstić information content (AvgIpc) is 3.09. The summed E-state index contributed by atoms with van der Waals surface area (Å²) in [6, 6.07) is 4.52. The quantitative estimate of drug-likeness (QED) is 0.874. The molecule has 1 aromatic rings. The topological polar surface area (TPSA) is 32.3 Å². The number of thiophene rings is 1. The molecule has 1 aliphatic carbocycles. The average molecular weight is 363 g/mol. The third-order valence-corrected chi connectivity index (χ3v) is 6.05. The van der Waals surface area contributed by atoms with Gasteiger partial charge in [0.1, 0.15) is 0 Å². The summed E-state index contributed by atoms with van der Waals surface area (Å²) in [6.07, 6.45) is 6.18. The summed E-state index contributed by atoms with van der Waals surface area (Å²) in [7, 11) is 0. The number of nitrogens with zero attached hydrogens (tertiary/aromatic N) is 1. The highest BCUT2D eigenvalue weighted by atomic mass is 35.5. The van der Waals surface area contributed by atoms with Crippen LogP contribution in [0.1, 0.15) is 43.9 Å². The second-order valence-electron chi connectivity index (χ2n) is 6.16. The molecule has 3 atom stereocenters. The van der Waals surface area contributed by atoms with Crippen molar-refractivity contribution in [2.24, 2.45) is 5.92 Å². The minimum Gasteiger partial charge on any atom is -0.336 e. The van der Waals surface area contributed by atoms with Gasteiger partial charge in [0, 0.05) is 17.5 Å².